The third-order valence-electron chi connectivity index (χ3n) is 6.03. The first-order valence-corrected chi connectivity index (χ1v) is 13.3. The molecule has 1 aromatic heterocycles. The summed E-state index contributed by atoms with van der Waals surface area (Å²) < 4.78 is 24.1. The third-order valence-corrected chi connectivity index (χ3v) is 6.98. The highest BCUT2D eigenvalue weighted by Gasteiger charge is 2.26. The molecule has 3 aromatic carbocycles. The molecule has 176 valence electrons. The molecule has 6 nitrogen and oxygen atoms in total. The third kappa shape index (κ3) is 5.23. The van der Waals surface area contributed by atoms with Crippen molar-refractivity contribution in [3.63, 3.8) is 0 Å². The number of rotatable bonds is 8. The average molecular weight is 484 g/mol. The highest BCUT2D eigenvalue weighted by atomic mass is 32.2. The van der Waals surface area contributed by atoms with Crippen LogP contribution in [0.4, 0.5) is 0 Å². The first-order chi connectivity index (χ1) is 16.8. The molecule has 0 saturated carbocycles. The van der Waals surface area contributed by atoms with Crippen LogP contribution in [0.3, 0.4) is 0 Å². The van der Waals surface area contributed by atoms with Gasteiger partial charge in [0.1, 0.15) is 9.84 Å². The van der Waals surface area contributed by atoms with Gasteiger partial charge in [0.15, 0.2) is 0 Å². The van der Waals surface area contributed by atoms with E-state index in [0.29, 0.717) is 22.2 Å². The Balaban J connectivity index is 2.08. The summed E-state index contributed by atoms with van der Waals surface area (Å²) in [7, 11) is -3.32. The van der Waals surface area contributed by atoms with Crippen molar-refractivity contribution in [2.75, 3.05) is 12.0 Å². The van der Waals surface area contributed by atoms with Gasteiger partial charge >= 0.3 is 0 Å². The second kappa shape index (κ2) is 10.1. The maximum absolute atomic E-state index is 13.0. The number of fused-ring (bicyclic) bond motifs is 1. The molecule has 1 heterocycles. The van der Waals surface area contributed by atoms with Gasteiger partial charge in [-0.2, -0.15) is 5.26 Å². The van der Waals surface area contributed by atoms with Gasteiger partial charge in [-0.05, 0) is 29.2 Å². The van der Waals surface area contributed by atoms with Crippen molar-refractivity contribution in [3.8, 4) is 17.3 Å². The maximum Gasteiger partial charge on any atom is 0.249 e. The van der Waals surface area contributed by atoms with Crippen LogP contribution in [0.2, 0.25) is 0 Å². The van der Waals surface area contributed by atoms with Crippen molar-refractivity contribution in [2.45, 2.75) is 18.8 Å². The number of amides is 1. The molecular weight excluding hydrogens is 458 g/mol. The van der Waals surface area contributed by atoms with E-state index in [4.69, 9.17) is 10.7 Å². The number of hydrogen-bond donors (Lipinski definition) is 1. The number of benzene rings is 3. The number of sulfone groups is 1. The fourth-order valence-electron chi connectivity index (χ4n) is 4.49. The summed E-state index contributed by atoms with van der Waals surface area (Å²) in [4.78, 5) is 17.9. The van der Waals surface area contributed by atoms with E-state index >= 15 is 0 Å². The van der Waals surface area contributed by atoms with Crippen molar-refractivity contribution < 1.29 is 13.2 Å². The summed E-state index contributed by atoms with van der Waals surface area (Å²) in [6, 6.07) is 26.8. The van der Waals surface area contributed by atoms with Crippen LogP contribution < -0.4 is 5.73 Å². The lowest BCUT2D eigenvalue weighted by Crippen LogP contribution is -2.19. The van der Waals surface area contributed by atoms with E-state index in [-0.39, 0.29) is 30.1 Å². The van der Waals surface area contributed by atoms with E-state index in [1.165, 1.54) is 0 Å². The molecule has 0 saturated heterocycles. The zero-order chi connectivity index (χ0) is 25.0. The zero-order valence-corrected chi connectivity index (χ0v) is 20.1. The minimum atomic E-state index is -3.32. The lowest BCUT2D eigenvalue weighted by atomic mass is 9.83. The topological polar surface area (TPSA) is 114 Å². The maximum atomic E-state index is 13.0. The van der Waals surface area contributed by atoms with Gasteiger partial charge in [-0.25, -0.2) is 13.4 Å². The van der Waals surface area contributed by atoms with E-state index < -0.39 is 15.7 Å². The first kappa shape index (κ1) is 24.1. The molecule has 1 amide bonds. The van der Waals surface area contributed by atoms with Crippen LogP contribution in [-0.4, -0.2) is 31.3 Å². The second-order valence-corrected chi connectivity index (χ2v) is 10.8. The van der Waals surface area contributed by atoms with Gasteiger partial charge in [0, 0.05) is 29.5 Å². The number of hydrogen-bond acceptors (Lipinski definition) is 5. The van der Waals surface area contributed by atoms with Gasteiger partial charge in [0.05, 0.1) is 28.6 Å². The van der Waals surface area contributed by atoms with Crippen LogP contribution in [0.1, 0.15) is 39.4 Å². The van der Waals surface area contributed by atoms with E-state index in [1.807, 2.05) is 78.9 Å². The number of nitrogens with two attached hydrogens (primary N) is 1. The standard InChI is InChI=1S/C28H25N3O3S/c1-35(33,34)18-16-23-26(28(30)32)25-22(21(15-17-29)19-9-4-2-5-10-19)13-8-14-24(25)31-27(23)20-11-6-3-7-12-20/h2-14,21H,15-16,18H2,1H3,(H2,30,32)/t21-/m0/s1. The SMILES string of the molecule is CS(=O)(=O)CCc1c(-c2ccccc2)nc2cccc([C@@H](CC#N)c3ccccc3)c2c1C(N)=O. The minimum absolute atomic E-state index is 0.0901. The summed E-state index contributed by atoms with van der Waals surface area (Å²) >= 11 is 0. The van der Waals surface area contributed by atoms with Crippen molar-refractivity contribution in [2.24, 2.45) is 5.73 Å². The molecule has 0 fully saturated rings. The fraction of sp³-hybridized carbons (Fsp3) is 0.179. The van der Waals surface area contributed by atoms with Gasteiger partial charge in [-0.3, -0.25) is 4.79 Å². The monoisotopic (exact) mass is 483 g/mol. The highest BCUT2D eigenvalue weighted by Crippen LogP contribution is 2.38. The van der Waals surface area contributed by atoms with E-state index in [1.54, 1.807) is 0 Å². The van der Waals surface area contributed by atoms with Crippen molar-refractivity contribution in [1.82, 2.24) is 4.98 Å². The smallest absolute Gasteiger partial charge is 0.249 e. The van der Waals surface area contributed by atoms with Crippen molar-refractivity contribution in [3.05, 3.63) is 101 Å². The number of nitriles is 1. The Labute approximate surface area is 205 Å². The second-order valence-electron chi connectivity index (χ2n) is 8.49. The van der Waals surface area contributed by atoms with Crippen molar-refractivity contribution >= 4 is 26.6 Å². The Morgan fingerprint density at radius 1 is 1.00 bits per heavy atom. The fourth-order valence-corrected chi connectivity index (χ4v) is 5.07. The molecular formula is C28H25N3O3S. The van der Waals surface area contributed by atoms with Crippen LogP contribution in [-0.2, 0) is 16.3 Å². The van der Waals surface area contributed by atoms with Gasteiger partial charge in [-0.1, -0.05) is 72.8 Å². The van der Waals surface area contributed by atoms with Crippen LogP contribution in [0.15, 0.2) is 78.9 Å². The highest BCUT2D eigenvalue weighted by molar-refractivity contribution is 7.90. The molecule has 7 heteroatoms. The molecule has 1 atom stereocenters. The van der Waals surface area contributed by atoms with Crippen molar-refractivity contribution in [1.29, 1.82) is 5.26 Å². The van der Waals surface area contributed by atoms with Crippen LogP contribution in [0.5, 0.6) is 0 Å². The number of pyridine rings is 1. The largest absolute Gasteiger partial charge is 0.366 e. The molecule has 0 aliphatic carbocycles. The normalized spacial score (nSPS) is 12.2. The molecule has 0 spiro atoms. The van der Waals surface area contributed by atoms with Gasteiger partial charge in [0.25, 0.3) is 0 Å². The molecule has 2 N–H and O–H groups in total. The Kier molecular flexibility index (Phi) is 6.94. The first-order valence-electron chi connectivity index (χ1n) is 11.2. The Hall–Kier alpha value is -4.02. The Morgan fingerprint density at radius 2 is 1.66 bits per heavy atom. The van der Waals surface area contributed by atoms with Gasteiger partial charge in [0.2, 0.25) is 5.91 Å². The van der Waals surface area contributed by atoms with Crippen LogP contribution in [0, 0.1) is 11.3 Å². The van der Waals surface area contributed by atoms with E-state index in [0.717, 1.165) is 22.9 Å². The van der Waals surface area contributed by atoms with Gasteiger partial charge in [-0.15, -0.1) is 0 Å². The lowest BCUT2D eigenvalue weighted by Gasteiger charge is -2.21. The molecule has 35 heavy (non-hydrogen) atoms. The number of aromatic nitrogens is 1. The molecule has 0 unspecified atom stereocenters. The summed E-state index contributed by atoms with van der Waals surface area (Å²) in [6.07, 6.45) is 1.45. The van der Waals surface area contributed by atoms with E-state index in [2.05, 4.69) is 6.07 Å². The molecule has 0 aliphatic heterocycles. The minimum Gasteiger partial charge on any atom is -0.366 e. The number of primary amides is 1. The predicted molar refractivity (Wildman–Crippen MR) is 138 cm³/mol. The number of carbonyl (C=O) groups excluding carboxylic acids is 1. The predicted octanol–water partition coefficient (Wildman–Crippen LogP) is 4.63. The summed E-state index contributed by atoms with van der Waals surface area (Å²) in [5, 5.41) is 10.2. The molecule has 0 radical (unpaired) electrons. The quantitative estimate of drug-likeness (QED) is 0.392. The lowest BCUT2D eigenvalue weighted by molar-refractivity contribution is 0.100. The van der Waals surface area contributed by atoms with E-state index in [9.17, 15) is 18.5 Å². The Morgan fingerprint density at radius 3 is 2.26 bits per heavy atom. The summed E-state index contributed by atoms with van der Waals surface area (Å²) in [5.74, 6) is -1.12. The molecule has 0 bridgehead atoms. The van der Waals surface area contributed by atoms with Gasteiger partial charge < -0.3 is 5.73 Å². The molecule has 4 rings (SSSR count). The summed E-state index contributed by atoms with van der Waals surface area (Å²) in [6.45, 7) is 0. The number of carbonyl (C=O) groups is 1. The average Bonchev–Trinajstić information content (AvgIpc) is 2.85. The molecule has 0 aliphatic rings. The number of nitrogens with zero attached hydrogens (tertiary/aromatic N) is 2. The zero-order valence-electron chi connectivity index (χ0n) is 19.3. The van der Waals surface area contributed by atoms with Crippen LogP contribution >= 0.6 is 0 Å². The van der Waals surface area contributed by atoms with Crippen LogP contribution in [0.25, 0.3) is 22.2 Å². The molecule has 4 aromatic rings. The Bertz CT molecular complexity index is 1530. The summed E-state index contributed by atoms with van der Waals surface area (Å²) in [5.41, 5.74) is 10.3.